The summed E-state index contributed by atoms with van der Waals surface area (Å²) in [5.74, 6) is 1.72. The molecular weight excluding hydrogens is 256 g/mol. The molecule has 0 aliphatic heterocycles. The number of anilines is 1. The summed E-state index contributed by atoms with van der Waals surface area (Å²) in [4.78, 5) is 0. The van der Waals surface area contributed by atoms with Gasteiger partial charge >= 0.3 is 0 Å². The quantitative estimate of drug-likeness (QED) is 0.833. The van der Waals surface area contributed by atoms with Gasteiger partial charge in [-0.2, -0.15) is 5.26 Å². The van der Waals surface area contributed by atoms with E-state index in [9.17, 15) is 5.26 Å². The molecule has 1 aromatic rings. The highest BCUT2D eigenvalue weighted by Gasteiger charge is 2.23. The van der Waals surface area contributed by atoms with E-state index in [0.29, 0.717) is 6.04 Å². The Bertz CT molecular complexity index is 485. The van der Waals surface area contributed by atoms with Gasteiger partial charge in [-0.15, -0.1) is 0 Å². The van der Waals surface area contributed by atoms with Crippen LogP contribution in [0.25, 0.3) is 0 Å². The Morgan fingerprint density at radius 3 is 2.14 bits per heavy atom. The first kappa shape index (κ1) is 15.9. The third-order valence-corrected chi connectivity index (χ3v) is 4.97. The zero-order chi connectivity index (χ0) is 15.5. The van der Waals surface area contributed by atoms with Crippen molar-refractivity contribution >= 4 is 5.69 Å². The van der Waals surface area contributed by atoms with Crippen molar-refractivity contribution in [1.82, 2.24) is 0 Å². The van der Waals surface area contributed by atoms with Gasteiger partial charge in [0.25, 0.3) is 0 Å². The van der Waals surface area contributed by atoms with Gasteiger partial charge in [-0.05, 0) is 69.1 Å². The Balaban J connectivity index is 1.92. The van der Waals surface area contributed by atoms with Crippen LogP contribution in [0.5, 0.6) is 0 Å². The fourth-order valence-corrected chi connectivity index (χ4v) is 3.21. The molecule has 1 N–H and O–H groups in total. The fourth-order valence-electron chi connectivity index (χ4n) is 3.21. The number of nitrogens with one attached hydrogen (secondary N) is 1. The summed E-state index contributed by atoms with van der Waals surface area (Å²) >= 11 is 0. The smallest absolute Gasteiger partial charge is 0.0766 e. The molecule has 0 bridgehead atoms. The van der Waals surface area contributed by atoms with Crippen LogP contribution in [0.1, 0.15) is 58.9 Å². The summed E-state index contributed by atoms with van der Waals surface area (Å²) in [5, 5.41) is 12.8. The Kier molecular flexibility index (Phi) is 4.93. The van der Waals surface area contributed by atoms with Crippen LogP contribution in [-0.4, -0.2) is 6.04 Å². The summed E-state index contributed by atoms with van der Waals surface area (Å²) < 4.78 is 0. The molecule has 0 unspecified atom stereocenters. The molecule has 0 heterocycles. The second-order valence-electron chi connectivity index (χ2n) is 7.31. The van der Waals surface area contributed by atoms with E-state index < -0.39 is 5.41 Å². The maximum absolute atomic E-state index is 9.18. The third kappa shape index (κ3) is 4.00. The molecule has 1 aliphatic carbocycles. The Hall–Kier alpha value is -1.49. The second-order valence-corrected chi connectivity index (χ2v) is 7.31. The van der Waals surface area contributed by atoms with Crippen LogP contribution in [0.15, 0.2) is 24.3 Å². The molecule has 0 radical (unpaired) electrons. The number of rotatable bonds is 4. The molecule has 1 saturated carbocycles. The molecule has 114 valence electrons. The SMILES string of the molecule is CC(C)C1CCC(Nc2ccc(C(C)(C)C#N)cc2)CC1. The van der Waals surface area contributed by atoms with Gasteiger partial charge in [-0.3, -0.25) is 0 Å². The maximum Gasteiger partial charge on any atom is 0.0766 e. The van der Waals surface area contributed by atoms with E-state index in [-0.39, 0.29) is 0 Å². The summed E-state index contributed by atoms with van der Waals surface area (Å²) in [6, 6.07) is 11.3. The lowest BCUT2D eigenvalue weighted by Gasteiger charge is -2.32. The van der Waals surface area contributed by atoms with Gasteiger partial charge in [0.2, 0.25) is 0 Å². The van der Waals surface area contributed by atoms with Crippen LogP contribution >= 0.6 is 0 Å². The average Bonchev–Trinajstić information content (AvgIpc) is 2.48. The van der Waals surface area contributed by atoms with Crippen molar-refractivity contribution < 1.29 is 0 Å². The summed E-state index contributed by atoms with van der Waals surface area (Å²) in [7, 11) is 0. The van der Waals surface area contributed by atoms with Gasteiger partial charge in [0.15, 0.2) is 0 Å². The Morgan fingerprint density at radius 2 is 1.67 bits per heavy atom. The van der Waals surface area contributed by atoms with E-state index in [4.69, 9.17) is 0 Å². The molecule has 1 fully saturated rings. The highest BCUT2D eigenvalue weighted by Crippen LogP contribution is 2.31. The van der Waals surface area contributed by atoms with E-state index in [1.54, 1.807) is 0 Å². The predicted octanol–water partition coefficient (Wildman–Crippen LogP) is 5.11. The molecule has 21 heavy (non-hydrogen) atoms. The minimum atomic E-state index is -0.409. The van der Waals surface area contributed by atoms with Crippen LogP contribution in [0.4, 0.5) is 5.69 Å². The van der Waals surface area contributed by atoms with Crippen molar-refractivity contribution in [3.05, 3.63) is 29.8 Å². The van der Waals surface area contributed by atoms with Gasteiger partial charge in [0, 0.05) is 11.7 Å². The predicted molar refractivity (Wildman–Crippen MR) is 89.3 cm³/mol. The highest BCUT2D eigenvalue weighted by atomic mass is 14.9. The first-order valence-corrected chi connectivity index (χ1v) is 8.20. The minimum Gasteiger partial charge on any atom is -0.382 e. The number of nitriles is 1. The normalized spacial score (nSPS) is 22.9. The van der Waals surface area contributed by atoms with Crippen molar-refractivity contribution in [2.45, 2.75) is 64.8 Å². The van der Waals surface area contributed by atoms with Crippen LogP contribution in [0.2, 0.25) is 0 Å². The topological polar surface area (TPSA) is 35.8 Å². The molecule has 0 saturated heterocycles. The van der Waals surface area contributed by atoms with Crippen LogP contribution in [-0.2, 0) is 5.41 Å². The van der Waals surface area contributed by atoms with Crippen LogP contribution in [0, 0.1) is 23.2 Å². The molecule has 0 aromatic heterocycles. The van der Waals surface area contributed by atoms with Gasteiger partial charge in [-0.1, -0.05) is 26.0 Å². The molecular formula is C19H28N2. The lowest BCUT2D eigenvalue weighted by molar-refractivity contribution is 0.267. The molecule has 2 nitrogen and oxygen atoms in total. The molecule has 0 spiro atoms. The van der Waals surface area contributed by atoms with E-state index in [0.717, 1.165) is 17.4 Å². The van der Waals surface area contributed by atoms with Crippen molar-refractivity contribution in [2.75, 3.05) is 5.32 Å². The Morgan fingerprint density at radius 1 is 1.10 bits per heavy atom. The first-order chi connectivity index (χ1) is 9.92. The van der Waals surface area contributed by atoms with Crippen LogP contribution < -0.4 is 5.32 Å². The van der Waals surface area contributed by atoms with Gasteiger partial charge in [-0.25, -0.2) is 0 Å². The Labute approximate surface area is 129 Å². The van der Waals surface area contributed by atoms with E-state index in [1.807, 2.05) is 13.8 Å². The van der Waals surface area contributed by atoms with Crippen molar-refractivity contribution in [2.24, 2.45) is 11.8 Å². The van der Waals surface area contributed by atoms with E-state index >= 15 is 0 Å². The zero-order valence-corrected chi connectivity index (χ0v) is 13.8. The lowest BCUT2D eigenvalue weighted by Crippen LogP contribution is -2.27. The van der Waals surface area contributed by atoms with Gasteiger partial charge in [0.05, 0.1) is 11.5 Å². The molecule has 2 heteroatoms. The molecule has 0 atom stereocenters. The van der Waals surface area contributed by atoms with Crippen LogP contribution in [0.3, 0.4) is 0 Å². The van der Waals surface area contributed by atoms with Crippen molar-refractivity contribution in [3.8, 4) is 6.07 Å². The van der Waals surface area contributed by atoms with E-state index in [1.165, 1.54) is 31.4 Å². The summed E-state index contributed by atoms with van der Waals surface area (Å²) in [6.07, 6.45) is 5.23. The maximum atomic E-state index is 9.18. The van der Waals surface area contributed by atoms with Crippen molar-refractivity contribution in [3.63, 3.8) is 0 Å². The standard InChI is InChI=1S/C19H28N2/c1-14(2)15-5-9-17(10-6-15)21-18-11-7-16(8-12-18)19(3,4)13-20/h7-8,11-12,14-15,17,21H,5-6,9-10H2,1-4H3. The summed E-state index contributed by atoms with van der Waals surface area (Å²) in [5.41, 5.74) is 1.85. The lowest BCUT2D eigenvalue weighted by atomic mass is 9.79. The average molecular weight is 284 g/mol. The number of hydrogen-bond acceptors (Lipinski definition) is 2. The van der Waals surface area contributed by atoms with Gasteiger partial charge < -0.3 is 5.32 Å². The van der Waals surface area contributed by atoms with Gasteiger partial charge in [0.1, 0.15) is 0 Å². The fraction of sp³-hybridized carbons (Fsp3) is 0.632. The number of nitrogens with zero attached hydrogens (tertiary/aromatic N) is 1. The zero-order valence-electron chi connectivity index (χ0n) is 13.8. The molecule has 1 aromatic carbocycles. The molecule has 0 amide bonds. The molecule has 1 aliphatic rings. The van der Waals surface area contributed by atoms with Crippen molar-refractivity contribution in [1.29, 1.82) is 5.26 Å². The first-order valence-electron chi connectivity index (χ1n) is 8.20. The monoisotopic (exact) mass is 284 g/mol. The minimum absolute atomic E-state index is 0.409. The third-order valence-electron chi connectivity index (χ3n) is 4.97. The highest BCUT2D eigenvalue weighted by molar-refractivity contribution is 5.47. The number of benzene rings is 1. The second kappa shape index (κ2) is 6.52. The van der Waals surface area contributed by atoms with E-state index in [2.05, 4.69) is 49.5 Å². The molecule has 2 rings (SSSR count). The summed E-state index contributed by atoms with van der Waals surface area (Å²) in [6.45, 7) is 8.60. The number of hydrogen-bond donors (Lipinski definition) is 1. The largest absolute Gasteiger partial charge is 0.382 e.